The second-order valence-corrected chi connectivity index (χ2v) is 7.07. The van der Waals surface area contributed by atoms with Crippen LogP contribution in [0.3, 0.4) is 0 Å². The minimum atomic E-state index is -2.96. The minimum absolute atomic E-state index is 0.0844. The summed E-state index contributed by atoms with van der Waals surface area (Å²) in [4.78, 5) is 13.7. The smallest absolute Gasteiger partial charge is 0.253 e. The van der Waals surface area contributed by atoms with Crippen molar-refractivity contribution in [2.45, 2.75) is 19.4 Å². The maximum absolute atomic E-state index is 12.2. The van der Waals surface area contributed by atoms with E-state index in [1.165, 1.54) is 0 Å². The predicted octanol–water partition coefficient (Wildman–Crippen LogP) is 1.25. The van der Waals surface area contributed by atoms with Gasteiger partial charge < -0.3 is 4.90 Å². The van der Waals surface area contributed by atoms with Gasteiger partial charge in [0, 0.05) is 18.7 Å². The van der Waals surface area contributed by atoms with Crippen molar-refractivity contribution in [1.82, 2.24) is 4.90 Å². The van der Waals surface area contributed by atoms with Crippen molar-refractivity contribution in [3.8, 4) is 0 Å². The third-order valence-corrected chi connectivity index (χ3v) is 5.13. The fourth-order valence-electron chi connectivity index (χ4n) is 2.15. The molecule has 4 nitrogen and oxygen atoms in total. The van der Waals surface area contributed by atoms with Crippen LogP contribution in [-0.4, -0.2) is 43.8 Å². The first kappa shape index (κ1) is 13.1. The van der Waals surface area contributed by atoms with Crippen LogP contribution in [0, 0.1) is 6.92 Å². The predicted molar refractivity (Wildman–Crippen MR) is 70.3 cm³/mol. The molecule has 1 aliphatic rings. The number of sulfone groups is 1. The van der Waals surface area contributed by atoms with Crippen molar-refractivity contribution in [3.63, 3.8) is 0 Å². The van der Waals surface area contributed by atoms with E-state index >= 15 is 0 Å². The van der Waals surface area contributed by atoms with E-state index in [9.17, 15) is 13.2 Å². The summed E-state index contributed by atoms with van der Waals surface area (Å²) >= 11 is 0. The summed E-state index contributed by atoms with van der Waals surface area (Å²) in [7, 11) is -1.28. The SMILES string of the molecule is Cc1ccc(C(=O)N(C)[C@H]2CCS(=O)(=O)C2)cc1. The van der Waals surface area contributed by atoms with Crippen LogP contribution < -0.4 is 0 Å². The Balaban J connectivity index is 2.12. The summed E-state index contributed by atoms with van der Waals surface area (Å²) in [6.45, 7) is 1.96. The van der Waals surface area contributed by atoms with Gasteiger partial charge in [0.2, 0.25) is 0 Å². The van der Waals surface area contributed by atoms with E-state index in [1.54, 1.807) is 24.1 Å². The van der Waals surface area contributed by atoms with Crippen LogP contribution in [0.15, 0.2) is 24.3 Å². The number of amides is 1. The lowest BCUT2D eigenvalue weighted by Gasteiger charge is -2.23. The third-order valence-electron chi connectivity index (χ3n) is 3.37. The number of hydrogen-bond donors (Lipinski definition) is 0. The molecule has 1 fully saturated rings. The van der Waals surface area contributed by atoms with Crippen LogP contribution >= 0.6 is 0 Å². The first-order valence-corrected chi connectivity index (χ1v) is 7.75. The second kappa shape index (κ2) is 4.72. The lowest BCUT2D eigenvalue weighted by atomic mass is 10.1. The number of rotatable bonds is 2. The maximum Gasteiger partial charge on any atom is 0.253 e. The highest BCUT2D eigenvalue weighted by Crippen LogP contribution is 2.18. The normalized spacial score (nSPS) is 21.8. The van der Waals surface area contributed by atoms with Crippen molar-refractivity contribution >= 4 is 15.7 Å². The Bertz CT molecular complexity index is 548. The fourth-order valence-corrected chi connectivity index (χ4v) is 3.92. The molecule has 1 aromatic carbocycles. The van der Waals surface area contributed by atoms with Gasteiger partial charge in [-0.05, 0) is 25.5 Å². The van der Waals surface area contributed by atoms with Crippen molar-refractivity contribution in [3.05, 3.63) is 35.4 Å². The first-order valence-electron chi connectivity index (χ1n) is 5.93. The summed E-state index contributed by atoms with van der Waals surface area (Å²) in [5.74, 6) is 0.154. The maximum atomic E-state index is 12.2. The minimum Gasteiger partial charge on any atom is -0.338 e. The van der Waals surface area contributed by atoms with Crippen LogP contribution in [0.2, 0.25) is 0 Å². The zero-order valence-corrected chi connectivity index (χ0v) is 11.4. The number of hydrogen-bond acceptors (Lipinski definition) is 3. The Kier molecular flexibility index (Phi) is 3.43. The van der Waals surface area contributed by atoms with Crippen LogP contribution in [-0.2, 0) is 9.84 Å². The number of carbonyl (C=O) groups is 1. The first-order chi connectivity index (χ1) is 8.39. The molecule has 18 heavy (non-hydrogen) atoms. The molecule has 0 aromatic heterocycles. The summed E-state index contributed by atoms with van der Waals surface area (Å²) in [5.41, 5.74) is 1.70. The topological polar surface area (TPSA) is 54.5 Å². The van der Waals surface area contributed by atoms with Crippen LogP contribution in [0.1, 0.15) is 22.3 Å². The molecule has 1 heterocycles. The van der Waals surface area contributed by atoms with Crippen LogP contribution in [0.5, 0.6) is 0 Å². The highest BCUT2D eigenvalue weighted by atomic mass is 32.2. The van der Waals surface area contributed by atoms with Gasteiger partial charge in [0.15, 0.2) is 9.84 Å². The fraction of sp³-hybridized carbons (Fsp3) is 0.462. The van der Waals surface area contributed by atoms with E-state index in [1.807, 2.05) is 19.1 Å². The van der Waals surface area contributed by atoms with Gasteiger partial charge in [-0.2, -0.15) is 0 Å². The standard InChI is InChI=1S/C13H17NO3S/c1-10-3-5-11(6-4-10)13(15)14(2)12-7-8-18(16,17)9-12/h3-6,12H,7-9H2,1-2H3/t12-/m0/s1. The molecule has 5 heteroatoms. The molecular weight excluding hydrogens is 250 g/mol. The monoisotopic (exact) mass is 267 g/mol. The van der Waals surface area contributed by atoms with E-state index in [-0.39, 0.29) is 23.5 Å². The van der Waals surface area contributed by atoms with Gasteiger partial charge in [0.1, 0.15) is 0 Å². The molecule has 0 aliphatic carbocycles. The number of aryl methyl sites for hydroxylation is 1. The van der Waals surface area contributed by atoms with Crippen molar-refractivity contribution in [1.29, 1.82) is 0 Å². The van der Waals surface area contributed by atoms with Gasteiger partial charge >= 0.3 is 0 Å². The molecule has 0 radical (unpaired) electrons. The molecule has 1 saturated heterocycles. The van der Waals surface area contributed by atoms with Crippen molar-refractivity contribution < 1.29 is 13.2 Å². The van der Waals surface area contributed by atoms with Gasteiger partial charge in [0.25, 0.3) is 5.91 Å². The molecule has 0 N–H and O–H groups in total. The molecule has 98 valence electrons. The van der Waals surface area contributed by atoms with Gasteiger partial charge in [-0.3, -0.25) is 4.79 Å². The Morgan fingerprint density at radius 2 is 1.89 bits per heavy atom. The molecule has 2 rings (SSSR count). The van der Waals surface area contributed by atoms with Gasteiger partial charge in [-0.15, -0.1) is 0 Å². The zero-order chi connectivity index (χ0) is 13.3. The van der Waals surface area contributed by atoms with Gasteiger partial charge in [0.05, 0.1) is 11.5 Å². The Labute approximate surface area is 108 Å². The number of nitrogens with zero attached hydrogens (tertiary/aromatic N) is 1. The number of carbonyl (C=O) groups excluding carboxylic acids is 1. The largest absolute Gasteiger partial charge is 0.338 e. The summed E-state index contributed by atoms with van der Waals surface area (Å²) < 4.78 is 22.8. The van der Waals surface area contributed by atoms with Crippen molar-refractivity contribution in [2.24, 2.45) is 0 Å². The average molecular weight is 267 g/mol. The van der Waals surface area contributed by atoms with Crippen LogP contribution in [0.25, 0.3) is 0 Å². The second-order valence-electron chi connectivity index (χ2n) is 4.84. The Morgan fingerprint density at radius 1 is 1.28 bits per heavy atom. The number of benzene rings is 1. The van der Waals surface area contributed by atoms with E-state index in [0.717, 1.165) is 5.56 Å². The molecule has 0 bridgehead atoms. The van der Waals surface area contributed by atoms with E-state index < -0.39 is 9.84 Å². The lowest BCUT2D eigenvalue weighted by molar-refractivity contribution is 0.0747. The highest BCUT2D eigenvalue weighted by molar-refractivity contribution is 7.91. The van der Waals surface area contributed by atoms with Gasteiger partial charge in [-0.1, -0.05) is 17.7 Å². The van der Waals surface area contributed by atoms with E-state index in [2.05, 4.69) is 0 Å². The third kappa shape index (κ3) is 2.72. The molecular formula is C13H17NO3S. The average Bonchev–Trinajstić information content (AvgIpc) is 2.69. The molecule has 1 aliphatic heterocycles. The Morgan fingerprint density at radius 3 is 2.39 bits per heavy atom. The van der Waals surface area contributed by atoms with Crippen molar-refractivity contribution in [2.75, 3.05) is 18.6 Å². The Hall–Kier alpha value is -1.36. The van der Waals surface area contributed by atoms with Crippen LogP contribution in [0.4, 0.5) is 0 Å². The highest BCUT2D eigenvalue weighted by Gasteiger charge is 2.32. The molecule has 0 unspecified atom stereocenters. The molecule has 1 atom stereocenters. The van der Waals surface area contributed by atoms with E-state index in [4.69, 9.17) is 0 Å². The van der Waals surface area contributed by atoms with Gasteiger partial charge in [-0.25, -0.2) is 8.42 Å². The molecule has 0 saturated carbocycles. The summed E-state index contributed by atoms with van der Waals surface area (Å²) in [5, 5.41) is 0. The molecule has 0 spiro atoms. The van der Waals surface area contributed by atoms with E-state index in [0.29, 0.717) is 12.0 Å². The zero-order valence-electron chi connectivity index (χ0n) is 10.6. The molecule has 1 aromatic rings. The quantitative estimate of drug-likeness (QED) is 0.810. The lowest BCUT2D eigenvalue weighted by Crippen LogP contribution is -2.37. The summed E-state index contributed by atoms with van der Waals surface area (Å²) in [6.07, 6.45) is 0.538. The summed E-state index contributed by atoms with van der Waals surface area (Å²) in [6, 6.07) is 7.12. The molecule has 1 amide bonds.